The molecule has 0 atom stereocenters. The number of morpholine rings is 1. The van der Waals surface area contributed by atoms with Gasteiger partial charge in [-0.05, 0) is 30.0 Å². The molecule has 9 heteroatoms. The fourth-order valence-electron chi connectivity index (χ4n) is 4.49. The molecule has 2 fully saturated rings. The zero-order valence-corrected chi connectivity index (χ0v) is 20.1. The van der Waals surface area contributed by atoms with Crippen LogP contribution in [0.2, 0.25) is 0 Å². The van der Waals surface area contributed by atoms with Gasteiger partial charge >= 0.3 is 0 Å². The van der Waals surface area contributed by atoms with Crippen molar-refractivity contribution in [2.75, 3.05) is 39.4 Å². The number of nitrogens with one attached hydrogen (secondary N) is 1. The molecule has 7 nitrogen and oxygen atoms in total. The molecule has 0 spiro atoms. The smallest absolute Gasteiger partial charge is 0.223 e. The number of amides is 1. The summed E-state index contributed by atoms with van der Waals surface area (Å²) in [6.45, 7) is 5.23. The Balaban J connectivity index is 1.24. The number of rotatable bonds is 8. The van der Waals surface area contributed by atoms with Crippen molar-refractivity contribution in [2.45, 2.75) is 31.7 Å². The summed E-state index contributed by atoms with van der Waals surface area (Å²) < 4.78 is 46.1. The minimum Gasteiger partial charge on any atom is -0.379 e. The summed E-state index contributed by atoms with van der Waals surface area (Å²) >= 11 is 0. The molecule has 1 amide bonds. The number of nitrogens with zero attached hydrogens (tertiary/aromatic N) is 2. The van der Waals surface area contributed by atoms with Crippen molar-refractivity contribution in [3.8, 4) is 0 Å². The van der Waals surface area contributed by atoms with E-state index in [1.807, 2.05) is 12.1 Å². The highest BCUT2D eigenvalue weighted by Gasteiger charge is 2.31. The van der Waals surface area contributed by atoms with E-state index in [1.54, 1.807) is 6.07 Å². The summed E-state index contributed by atoms with van der Waals surface area (Å²) in [6, 6.07) is 14.1. The van der Waals surface area contributed by atoms with E-state index < -0.39 is 15.8 Å². The SMILES string of the molecule is O=C(NCc1cccc(CN2CCOCC2)c1)C1CCN(S(=O)(=O)Cc2ccccc2F)CC1. The Morgan fingerprint density at radius 2 is 1.71 bits per heavy atom. The Hall–Kier alpha value is -2.33. The number of carbonyl (C=O) groups excluding carboxylic acids is 1. The second kappa shape index (κ2) is 11.4. The van der Waals surface area contributed by atoms with E-state index in [1.165, 1.54) is 28.1 Å². The molecule has 1 N–H and O–H groups in total. The van der Waals surface area contributed by atoms with Crippen LogP contribution in [-0.2, 0) is 38.4 Å². The summed E-state index contributed by atoms with van der Waals surface area (Å²) in [6.07, 6.45) is 0.915. The van der Waals surface area contributed by atoms with Gasteiger partial charge in [0.05, 0.1) is 19.0 Å². The van der Waals surface area contributed by atoms with Crippen LogP contribution in [-0.4, -0.2) is 62.9 Å². The lowest BCUT2D eigenvalue weighted by atomic mass is 9.97. The number of hydrogen-bond acceptors (Lipinski definition) is 5. The second-order valence-corrected chi connectivity index (χ2v) is 10.9. The van der Waals surface area contributed by atoms with Crippen LogP contribution in [0.25, 0.3) is 0 Å². The lowest BCUT2D eigenvalue weighted by Gasteiger charge is -2.30. The number of carbonyl (C=O) groups is 1. The number of benzene rings is 2. The van der Waals surface area contributed by atoms with E-state index in [4.69, 9.17) is 4.74 Å². The predicted octanol–water partition coefficient (Wildman–Crippen LogP) is 2.52. The van der Waals surface area contributed by atoms with E-state index >= 15 is 0 Å². The third-order valence-corrected chi connectivity index (χ3v) is 8.31. The first-order valence-electron chi connectivity index (χ1n) is 11.8. The number of piperidine rings is 1. The summed E-state index contributed by atoms with van der Waals surface area (Å²) in [7, 11) is -3.63. The van der Waals surface area contributed by atoms with Crippen LogP contribution in [0.3, 0.4) is 0 Å². The van der Waals surface area contributed by atoms with Gasteiger partial charge in [-0.1, -0.05) is 42.5 Å². The van der Waals surface area contributed by atoms with Gasteiger partial charge in [0.1, 0.15) is 5.82 Å². The second-order valence-electron chi connectivity index (χ2n) is 8.95. The molecule has 2 saturated heterocycles. The van der Waals surface area contributed by atoms with Crippen LogP contribution in [0, 0.1) is 11.7 Å². The molecule has 0 bridgehead atoms. The van der Waals surface area contributed by atoms with E-state index in [0.29, 0.717) is 19.4 Å². The molecule has 0 unspecified atom stereocenters. The molecule has 4 rings (SSSR count). The van der Waals surface area contributed by atoms with Crippen molar-refractivity contribution in [3.63, 3.8) is 0 Å². The molecule has 184 valence electrons. The Morgan fingerprint density at radius 3 is 2.44 bits per heavy atom. The van der Waals surface area contributed by atoms with Gasteiger partial charge in [-0.25, -0.2) is 17.1 Å². The van der Waals surface area contributed by atoms with E-state index in [9.17, 15) is 17.6 Å². The van der Waals surface area contributed by atoms with Crippen molar-refractivity contribution in [1.29, 1.82) is 0 Å². The minimum atomic E-state index is -3.63. The van der Waals surface area contributed by atoms with Crippen LogP contribution < -0.4 is 5.32 Å². The number of ether oxygens (including phenoxy) is 1. The Morgan fingerprint density at radius 1 is 1.00 bits per heavy atom. The maximum absolute atomic E-state index is 13.9. The molecule has 0 aromatic heterocycles. The van der Waals surface area contributed by atoms with Gasteiger partial charge in [0.2, 0.25) is 15.9 Å². The molecule has 0 saturated carbocycles. The molecule has 0 radical (unpaired) electrons. The topological polar surface area (TPSA) is 79.0 Å². The highest BCUT2D eigenvalue weighted by molar-refractivity contribution is 7.88. The monoisotopic (exact) mass is 489 g/mol. The summed E-state index contributed by atoms with van der Waals surface area (Å²) in [4.78, 5) is 15.1. The molecular weight excluding hydrogens is 457 g/mol. The van der Waals surface area contributed by atoms with Crippen LogP contribution in [0.5, 0.6) is 0 Å². The Bertz CT molecular complexity index is 1080. The summed E-state index contributed by atoms with van der Waals surface area (Å²) in [5, 5.41) is 3.01. The van der Waals surface area contributed by atoms with E-state index in [0.717, 1.165) is 38.4 Å². The van der Waals surface area contributed by atoms with Crippen LogP contribution in [0.15, 0.2) is 48.5 Å². The average Bonchev–Trinajstić information content (AvgIpc) is 2.85. The first-order valence-corrected chi connectivity index (χ1v) is 13.4. The molecule has 2 aromatic rings. The zero-order chi connectivity index (χ0) is 24.0. The maximum Gasteiger partial charge on any atom is 0.223 e. The molecule has 2 heterocycles. The standard InChI is InChI=1S/C25H32FN3O4S/c26-24-7-2-1-6-23(24)19-34(31,32)29-10-8-22(9-11-29)25(30)27-17-20-4-3-5-21(16-20)18-28-12-14-33-15-13-28/h1-7,16,22H,8-15,17-19H2,(H,27,30). The maximum atomic E-state index is 13.9. The van der Waals surface area contributed by atoms with Crippen molar-refractivity contribution in [2.24, 2.45) is 5.92 Å². The van der Waals surface area contributed by atoms with Crippen LogP contribution in [0.4, 0.5) is 4.39 Å². The molecule has 2 aliphatic heterocycles. The largest absolute Gasteiger partial charge is 0.379 e. The quantitative estimate of drug-likeness (QED) is 0.617. The minimum absolute atomic E-state index is 0.0512. The lowest BCUT2D eigenvalue weighted by Crippen LogP contribution is -2.43. The van der Waals surface area contributed by atoms with Gasteiger partial charge in [0.25, 0.3) is 0 Å². The normalized spacial score (nSPS) is 18.6. The van der Waals surface area contributed by atoms with E-state index in [-0.39, 0.29) is 36.2 Å². The predicted molar refractivity (Wildman–Crippen MR) is 128 cm³/mol. The fourth-order valence-corrected chi connectivity index (χ4v) is 6.07. The highest BCUT2D eigenvalue weighted by atomic mass is 32.2. The van der Waals surface area contributed by atoms with Gasteiger partial charge in [-0.2, -0.15) is 0 Å². The highest BCUT2D eigenvalue weighted by Crippen LogP contribution is 2.23. The number of hydrogen-bond donors (Lipinski definition) is 1. The van der Waals surface area contributed by atoms with Gasteiger partial charge < -0.3 is 10.1 Å². The van der Waals surface area contributed by atoms with Crippen molar-refractivity contribution in [1.82, 2.24) is 14.5 Å². The van der Waals surface area contributed by atoms with Gasteiger partial charge in [0, 0.05) is 50.7 Å². The summed E-state index contributed by atoms with van der Waals surface area (Å²) in [5.74, 6) is -1.16. The third kappa shape index (κ3) is 6.63. The molecule has 34 heavy (non-hydrogen) atoms. The summed E-state index contributed by atoms with van der Waals surface area (Å²) in [5.41, 5.74) is 2.42. The average molecular weight is 490 g/mol. The first-order chi connectivity index (χ1) is 16.4. The third-order valence-electron chi connectivity index (χ3n) is 6.48. The first kappa shape index (κ1) is 24.8. The van der Waals surface area contributed by atoms with Gasteiger partial charge in [0.15, 0.2) is 0 Å². The van der Waals surface area contributed by atoms with Gasteiger partial charge in [-0.15, -0.1) is 0 Å². The van der Waals surface area contributed by atoms with E-state index in [2.05, 4.69) is 22.3 Å². The molecule has 2 aliphatic rings. The van der Waals surface area contributed by atoms with Crippen LogP contribution >= 0.6 is 0 Å². The van der Waals surface area contributed by atoms with Crippen LogP contribution in [0.1, 0.15) is 29.5 Å². The Kier molecular flexibility index (Phi) is 8.31. The molecule has 2 aromatic carbocycles. The Labute approximate surface area is 200 Å². The van der Waals surface area contributed by atoms with Crippen molar-refractivity contribution >= 4 is 15.9 Å². The van der Waals surface area contributed by atoms with Crippen molar-refractivity contribution < 1.29 is 22.3 Å². The zero-order valence-electron chi connectivity index (χ0n) is 19.3. The van der Waals surface area contributed by atoms with Crippen molar-refractivity contribution in [3.05, 3.63) is 71.0 Å². The lowest BCUT2D eigenvalue weighted by molar-refractivity contribution is -0.126. The van der Waals surface area contributed by atoms with Gasteiger partial charge in [-0.3, -0.25) is 9.69 Å². The number of sulfonamides is 1. The fraction of sp³-hybridized carbons (Fsp3) is 0.480. The number of halogens is 1. The molecule has 0 aliphatic carbocycles. The molecular formula is C25H32FN3O4S.